The third kappa shape index (κ3) is 8.16. The first-order valence-electron chi connectivity index (χ1n) is 12.8. The molecule has 12 heteroatoms. The molecule has 0 spiro atoms. The Bertz CT molecular complexity index is 1510. The van der Waals surface area contributed by atoms with Gasteiger partial charge in [-0.3, -0.25) is 14.3 Å². The van der Waals surface area contributed by atoms with Gasteiger partial charge in [-0.1, -0.05) is 30.3 Å². The van der Waals surface area contributed by atoms with Crippen LogP contribution in [0.5, 0.6) is 0 Å². The van der Waals surface area contributed by atoms with Crippen molar-refractivity contribution < 1.29 is 18.4 Å². The summed E-state index contributed by atoms with van der Waals surface area (Å²) < 4.78 is 27.6. The number of para-hydroxylation sites is 1. The van der Waals surface area contributed by atoms with E-state index in [9.17, 15) is 8.78 Å². The lowest BCUT2D eigenvalue weighted by atomic mass is 10.1. The highest BCUT2D eigenvalue weighted by molar-refractivity contribution is 5.81. The van der Waals surface area contributed by atoms with Crippen LogP contribution in [0.3, 0.4) is 0 Å². The molecule has 3 aromatic heterocycles. The predicted octanol–water partition coefficient (Wildman–Crippen LogP) is 4.49. The van der Waals surface area contributed by atoms with Crippen molar-refractivity contribution >= 4 is 23.3 Å². The maximum absolute atomic E-state index is 11.9. The number of nitrogens with one attached hydrogen (secondary N) is 1. The number of aromatic nitrogens is 5. The van der Waals surface area contributed by atoms with E-state index in [0.29, 0.717) is 0 Å². The second kappa shape index (κ2) is 15.2. The zero-order valence-corrected chi connectivity index (χ0v) is 23.5. The van der Waals surface area contributed by atoms with Gasteiger partial charge in [0.2, 0.25) is 6.41 Å². The van der Waals surface area contributed by atoms with Gasteiger partial charge in [-0.05, 0) is 43.7 Å². The van der Waals surface area contributed by atoms with Crippen molar-refractivity contribution in [2.24, 2.45) is 12.8 Å². The minimum absolute atomic E-state index is 0.250. The van der Waals surface area contributed by atoms with Gasteiger partial charge in [0.15, 0.2) is 17.3 Å². The molecule has 0 aliphatic carbocycles. The van der Waals surface area contributed by atoms with Crippen molar-refractivity contribution in [3.63, 3.8) is 0 Å². The highest BCUT2D eigenvalue weighted by Gasteiger charge is 2.17. The molecule has 2 aromatic carbocycles. The molecular formula is C29H34F2N8O2. The van der Waals surface area contributed by atoms with Crippen molar-refractivity contribution in [3.8, 4) is 16.9 Å². The Kier molecular flexibility index (Phi) is 11.4. The van der Waals surface area contributed by atoms with E-state index in [4.69, 9.17) is 14.7 Å². The Morgan fingerprint density at radius 1 is 1.02 bits per heavy atom. The molecule has 0 unspecified atom stereocenters. The Balaban J connectivity index is 0.000000221. The summed E-state index contributed by atoms with van der Waals surface area (Å²) >= 11 is 0. The average Bonchev–Trinajstić information content (AvgIpc) is 3.70. The van der Waals surface area contributed by atoms with Gasteiger partial charge in [-0.25, -0.2) is 18.4 Å². The number of hydrogen-bond donors (Lipinski definition) is 2. The van der Waals surface area contributed by atoms with Crippen molar-refractivity contribution in [2.45, 2.75) is 13.3 Å². The lowest BCUT2D eigenvalue weighted by Gasteiger charge is -2.06. The Hall–Kier alpha value is -4.68. The number of pyridine rings is 1. The molecule has 0 radical (unpaired) electrons. The third-order valence-electron chi connectivity index (χ3n) is 5.96. The summed E-state index contributed by atoms with van der Waals surface area (Å²) in [5, 5.41) is 15.2. The van der Waals surface area contributed by atoms with Crippen LogP contribution in [0.1, 0.15) is 12.0 Å². The second-order valence-corrected chi connectivity index (χ2v) is 8.81. The molecule has 0 saturated carbocycles. The lowest BCUT2D eigenvalue weighted by Crippen LogP contribution is -2.08. The summed E-state index contributed by atoms with van der Waals surface area (Å²) in [6.07, 6.45) is 5.12. The zero-order chi connectivity index (χ0) is 29.8. The van der Waals surface area contributed by atoms with Gasteiger partial charge in [0.1, 0.15) is 5.82 Å². The summed E-state index contributed by atoms with van der Waals surface area (Å²) in [5.41, 5.74) is 9.05. The zero-order valence-electron chi connectivity index (χ0n) is 23.5. The smallest absolute Gasteiger partial charge is 0.204 e. The maximum atomic E-state index is 11.9. The fraction of sp³-hybridized carbons (Fsp3) is 0.241. The standard InChI is InChI=1S/C18H18N6.C6H4F2.C4H9NO.CH3NO/c1-12-16(13-9-14-11-21-23(3)18(14)20-10-13)22-24(17(12)19-2)15-7-5-4-6-8-15;7-5-3-1-2-4-6(5)8;1-5-3-2-4-6-5;2-1-3/h4-11,19H,1-3H3;1-4H;2-4H2,1H3;1H,(H2,2,3). The van der Waals surface area contributed by atoms with Crippen LogP contribution in [0.4, 0.5) is 14.6 Å². The molecule has 1 amide bonds. The van der Waals surface area contributed by atoms with E-state index in [1.807, 2.05) is 73.6 Å². The molecule has 3 N–H and O–H groups in total. The molecule has 216 valence electrons. The van der Waals surface area contributed by atoms with E-state index < -0.39 is 11.6 Å². The fourth-order valence-electron chi connectivity index (χ4n) is 4.00. The van der Waals surface area contributed by atoms with Crippen LogP contribution in [0.25, 0.3) is 28.0 Å². The lowest BCUT2D eigenvalue weighted by molar-refractivity contribution is -0.106. The molecule has 6 rings (SSSR count). The minimum atomic E-state index is -0.799. The summed E-state index contributed by atoms with van der Waals surface area (Å²) in [4.78, 5) is 18.1. The largest absolute Gasteiger partial charge is 0.373 e. The number of primary amides is 1. The maximum Gasteiger partial charge on any atom is 0.204 e. The van der Waals surface area contributed by atoms with Crippen LogP contribution in [0.2, 0.25) is 0 Å². The molecule has 5 aromatic rings. The molecule has 1 aliphatic rings. The first-order valence-corrected chi connectivity index (χ1v) is 12.8. The number of rotatable bonds is 3. The van der Waals surface area contributed by atoms with Crippen LogP contribution >= 0.6 is 0 Å². The first kappa shape index (κ1) is 30.9. The first-order chi connectivity index (χ1) is 19.8. The van der Waals surface area contributed by atoms with E-state index in [1.165, 1.54) is 18.6 Å². The highest BCUT2D eigenvalue weighted by Crippen LogP contribution is 2.31. The van der Waals surface area contributed by atoms with E-state index in [0.717, 1.165) is 64.6 Å². The van der Waals surface area contributed by atoms with E-state index >= 15 is 0 Å². The number of amides is 1. The number of nitrogens with zero attached hydrogens (tertiary/aromatic N) is 6. The summed E-state index contributed by atoms with van der Waals surface area (Å²) in [5.74, 6) is -0.623. The fourth-order valence-corrected chi connectivity index (χ4v) is 4.00. The van der Waals surface area contributed by atoms with Gasteiger partial charge < -0.3 is 11.1 Å². The molecule has 1 aliphatic heterocycles. The van der Waals surface area contributed by atoms with Gasteiger partial charge in [-0.15, -0.1) is 0 Å². The van der Waals surface area contributed by atoms with Gasteiger partial charge in [0, 0.05) is 50.4 Å². The summed E-state index contributed by atoms with van der Waals surface area (Å²) in [6.45, 7) is 4.08. The van der Waals surface area contributed by atoms with Crippen molar-refractivity contribution in [1.29, 1.82) is 0 Å². The van der Waals surface area contributed by atoms with Crippen molar-refractivity contribution in [1.82, 2.24) is 29.6 Å². The van der Waals surface area contributed by atoms with Crippen LogP contribution in [-0.2, 0) is 16.7 Å². The molecule has 41 heavy (non-hydrogen) atoms. The predicted molar refractivity (Wildman–Crippen MR) is 155 cm³/mol. The van der Waals surface area contributed by atoms with Crippen LogP contribution in [-0.4, -0.2) is 63.3 Å². The topological polar surface area (TPSA) is 116 Å². The van der Waals surface area contributed by atoms with Crippen LogP contribution < -0.4 is 11.1 Å². The molecule has 4 heterocycles. The number of benzene rings is 2. The summed E-state index contributed by atoms with van der Waals surface area (Å²) in [7, 11) is 5.76. The monoisotopic (exact) mass is 564 g/mol. The van der Waals surface area contributed by atoms with Gasteiger partial charge in [0.25, 0.3) is 0 Å². The molecule has 1 fully saturated rings. The molecule has 0 bridgehead atoms. The SMILES string of the molecule is CN1CCCO1.CNc1c(C)c(-c2cnc3c(cnn3C)c2)nn1-c1ccccc1.Fc1ccccc1F.NC=O. The Morgan fingerprint density at radius 2 is 1.66 bits per heavy atom. The normalized spacial score (nSPS) is 12.3. The third-order valence-corrected chi connectivity index (χ3v) is 5.96. The molecule has 0 atom stereocenters. The van der Waals surface area contributed by atoms with E-state index in [2.05, 4.69) is 34.1 Å². The number of fused-ring (bicyclic) bond motifs is 1. The van der Waals surface area contributed by atoms with Gasteiger partial charge >= 0.3 is 0 Å². The highest BCUT2D eigenvalue weighted by atomic mass is 19.2. The number of hydrogen-bond acceptors (Lipinski definition) is 7. The van der Waals surface area contributed by atoms with Gasteiger partial charge in [0.05, 0.1) is 24.2 Å². The quantitative estimate of drug-likeness (QED) is 0.310. The Labute approximate surface area is 237 Å². The molecular weight excluding hydrogens is 530 g/mol. The number of anilines is 1. The number of carbonyl (C=O) groups is 1. The number of aryl methyl sites for hydroxylation is 1. The second-order valence-electron chi connectivity index (χ2n) is 8.81. The molecule has 1 saturated heterocycles. The summed E-state index contributed by atoms with van der Waals surface area (Å²) in [6, 6.07) is 17.2. The van der Waals surface area contributed by atoms with Crippen molar-refractivity contribution in [3.05, 3.63) is 90.3 Å². The molecule has 10 nitrogen and oxygen atoms in total. The van der Waals surface area contributed by atoms with E-state index in [-0.39, 0.29) is 6.41 Å². The van der Waals surface area contributed by atoms with E-state index in [1.54, 1.807) is 4.68 Å². The van der Waals surface area contributed by atoms with Crippen molar-refractivity contribution in [2.75, 3.05) is 32.6 Å². The van der Waals surface area contributed by atoms with Crippen LogP contribution in [0, 0.1) is 18.6 Å². The number of hydroxylamine groups is 2. The van der Waals surface area contributed by atoms with Gasteiger partial charge in [-0.2, -0.15) is 15.3 Å². The minimum Gasteiger partial charge on any atom is -0.373 e. The number of halogens is 2. The number of nitrogens with two attached hydrogens (primary N) is 1. The van der Waals surface area contributed by atoms with Crippen LogP contribution in [0.15, 0.2) is 73.1 Å². The average molecular weight is 565 g/mol. The Morgan fingerprint density at radius 3 is 2.17 bits per heavy atom. The number of carbonyl (C=O) groups excluding carboxylic acids is 1.